The van der Waals surface area contributed by atoms with Crippen LogP contribution in [0.1, 0.15) is 36.0 Å². The van der Waals surface area contributed by atoms with Crippen molar-refractivity contribution in [2.24, 2.45) is 0 Å². The highest BCUT2D eigenvalue weighted by atomic mass is 19.4. The summed E-state index contributed by atoms with van der Waals surface area (Å²) in [6.45, 7) is 1.84. The molecule has 1 aromatic rings. The molecule has 16 heavy (non-hydrogen) atoms. The first-order valence-electron chi connectivity index (χ1n) is 5.34. The Bertz CT molecular complexity index is 421. The molecule has 0 saturated heterocycles. The van der Waals surface area contributed by atoms with Gasteiger partial charge in [-0.05, 0) is 49.4 Å². The second-order valence-electron chi connectivity index (χ2n) is 4.23. The maximum Gasteiger partial charge on any atom is 0.416 e. The van der Waals surface area contributed by atoms with E-state index in [-0.39, 0.29) is 0 Å². The number of hydrogen-bond donors (Lipinski definition) is 0. The Morgan fingerprint density at radius 1 is 1.19 bits per heavy atom. The first kappa shape index (κ1) is 11.2. The van der Waals surface area contributed by atoms with E-state index in [1.807, 2.05) is 13.0 Å². The highest BCUT2D eigenvalue weighted by molar-refractivity contribution is 5.58. The number of allylic oxidation sites excluding steroid dienone is 1. The van der Waals surface area contributed by atoms with Crippen LogP contribution in [0.3, 0.4) is 0 Å². The average Bonchev–Trinajstić information content (AvgIpc) is 2.11. The van der Waals surface area contributed by atoms with Crippen molar-refractivity contribution in [3.8, 4) is 0 Å². The van der Waals surface area contributed by atoms with Gasteiger partial charge in [-0.2, -0.15) is 13.2 Å². The summed E-state index contributed by atoms with van der Waals surface area (Å²) in [4.78, 5) is 0. The molecule has 1 aromatic carbocycles. The van der Waals surface area contributed by atoms with Gasteiger partial charge in [-0.3, -0.25) is 0 Å². The van der Waals surface area contributed by atoms with Crippen LogP contribution < -0.4 is 0 Å². The molecule has 2 rings (SSSR count). The van der Waals surface area contributed by atoms with Crippen molar-refractivity contribution < 1.29 is 13.2 Å². The van der Waals surface area contributed by atoms with Gasteiger partial charge in [0.25, 0.3) is 0 Å². The summed E-state index contributed by atoms with van der Waals surface area (Å²) in [7, 11) is 0. The predicted octanol–water partition coefficient (Wildman–Crippen LogP) is 4.58. The lowest BCUT2D eigenvalue weighted by Gasteiger charge is -2.17. The van der Waals surface area contributed by atoms with Gasteiger partial charge in [0, 0.05) is 0 Å². The standard InChI is InChI=1S/C13H13F3/c1-9-5-6-12(13(14,15)16)8-11(9)7-10-3-2-4-10/h5-8H,2-4H2,1H3. The van der Waals surface area contributed by atoms with Crippen molar-refractivity contribution in [3.63, 3.8) is 0 Å². The SMILES string of the molecule is Cc1ccc(C(F)(F)F)cc1C=C1CCC1. The lowest BCUT2D eigenvalue weighted by atomic mass is 9.89. The maximum absolute atomic E-state index is 12.5. The minimum absolute atomic E-state index is 0.565. The Morgan fingerprint density at radius 3 is 2.38 bits per heavy atom. The number of alkyl halides is 3. The minimum atomic E-state index is -4.25. The van der Waals surface area contributed by atoms with Gasteiger partial charge in [0.2, 0.25) is 0 Å². The van der Waals surface area contributed by atoms with Crippen molar-refractivity contribution in [3.05, 3.63) is 40.5 Å². The van der Waals surface area contributed by atoms with E-state index in [1.54, 1.807) is 0 Å². The van der Waals surface area contributed by atoms with E-state index in [1.165, 1.54) is 17.7 Å². The largest absolute Gasteiger partial charge is 0.416 e. The number of rotatable bonds is 1. The molecule has 1 saturated carbocycles. The third-order valence-corrected chi connectivity index (χ3v) is 2.96. The van der Waals surface area contributed by atoms with Crippen molar-refractivity contribution in [1.82, 2.24) is 0 Å². The van der Waals surface area contributed by atoms with Gasteiger partial charge in [0.05, 0.1) is 5.56 Å². The summed E-state index contributed by atoms with van der Waals surface area (Å²) in [6.07, 6.45) is 0.851. The van der Waals surface area contributed by atoms with E-state index in [0.29, 0.717) is 5.56 Å². The van der Waals surface area contributed by atoms with Gasteiger partial charge >= 0.3 is 6.18 Å². The summed E-state index contributed by atoms with van der Waals surface area (Å²) >= 11 is 0. The molecule has 0 nitrogen and oxygen atoms in total. The topological polar surface area (TPSA) is 0 Å². The first-order chi connectivity index (χ1) is 7.47. The van der Waals surface area contributed by atoms with Crippen LogP contribution in [-0.4, -0.2) is 0 Å². The number of halogens is 3. The number of benzene rings is 1. The van der Waals surface area contributed by atoms with Gasteiger partial charge in [0.15, 0.2) is 0 Å². The lowest BCUT2D eigenvalue weighted by Crippen LogP contribution is -2.05. The smallest absolute Gasteiger partial charge is 0.166 e. The van der Waals surface area contributed by atoms with Crippen molar-refractivity contribution >= 4 is 6.08 Å². The zero-order valence-corrected chi connectivity index (χ0v) is 9.06. The molecule has 0 heterocycles. The van der Waals surface area contributed by atoms with Crippen molar-refractivity contribution in [2.45, 2.75) is 32.4 Å². The normalized spacial score (nSPS) is 15.9. The third kappa shape index (κ3) is 2.29. The molecule has 0 radical (unpaired) electrons. The van der Waals surface area contributed by atoms with Crippen molar-refractivity contribution in [1.29, 1.82) is 0 Å². The molecule has 3 heteroatoms. The van der Waals surface area contributed by atoms with Crippen LogP contribution in [0, 0.1) is 6.92 Å². The van der Waals surface area contributed by atoms with Crippen LogP contribution in [0.25, 0.3) is 6.08 Å². The Hall–Kier alpha value is -1.25. The highest BCUT2D eigenvalue weighted by Gasteiger charge is 2.30. The molecule has 1 aliphatic carbocycles. The Balaban J connectivity index is 2.36. The number of aryl methyl sites for hydroxylation is 1. The van der Waals surface area contributed by atoms with Crippen LogP contribution in [0.4, 0.5) is 13.2 Å². The summed E-state index contributed by atoms with van der Waals surface area (Å²) in [5.74, 6) is 0. The van der Waals surface area contributed by atoms with E-state index < -0.39 is 11.7 Å². The summed E-state index contributed by atoms with van der Waals surface area (Å²) in [5.41, 5.74) is 2.28. The van der Waals surface area contributed by atoms with Crippen LogP contribution >= 0.6 is 0 Å². The van der Waals surface area contributed by atoms with Crippen LogP contribution in [0.5, 0.6) is 0 Å². The fraction of sp³-hybridized carbons (Fsp3) is 0.385. The zero-order valence-electron chi connectivity index (χ0n) is 9.06. The molecule has 1 aliphatic rings. The molecule has 1 fully saturated rings. The molecule has 0 unspecified atom stereocenters. The Kier molecular flexibility index (Phi) is 2.78. The Labute approximate surface area is 92.8 Å². The third-order valence-electron chi connectivity index (χ3n) is 2.96. The maximum atomic E-state index is 12.5. The molecule has 0 amide bonds. The second-order valence-corrected chi connectivity index (χ2v) is 4.23. The molecular formula is C13H13F3. The van der Waals surface area contributed by atoms with E-state index in [2.05, 4.69) is 0 Å². The number of hydrogen-bond acceptors (Lipinski definition) is 0. The minimum Gasteiger partial charge on any atom is -0.166 e. The van der Waals surface area contributed by atoms with Gasteiger partial charge in [-0.1, -0.05) is 17.7 Å². The molecule has 86 valence electrons. The molecule has 0 spiro atoms. The van der Waals surface area contributed by atoms with E-state index in [4.69, 9.17) is 0 Å². The fourth-order valence-electron chi connectivity index (χ4n) is 1.72. The molecule has 0 atom stereocenters. The van der Waals surface area contributed by atoms with Gasteiger partial charge in [0.1, 0.15) is 0 Å². The fourth-order valence-corrected chi connectivity index (χ4v) is 1.72. The molecule has 0 aromatic heterocycles. The molecule has 0 N–H and O–H groups in total. The first-order valence-corrected chi connectivity index (χ1v) is 5.34. The van der Waals surface area contributed by atoms with Crippen molar-refractivity contribution in [2.75, 3.05) is 0 Å². The van der Waals surface area contributed by atoms with Crippen LogP contribution in [0.15, 0.2) is 23.8 Å². The summed E-state index contributed by atoms with van der Waals surface area (Å²) < 4.78 is 37.5. The van der Waals surface area contributed by atoms with Crippen LogP contribution in [0.2, 0.25) is 0 Å². The van der Waals surface area contributed by atoms with E-state index in [0.717, 1.165) is 30.9 Å². The van der Waals surface area contributed by atoms with Gasteiger partial charge in [-0.25, -0.2) is 0 Å². The van der Waals surface area contributed by atoms with Crippen LogP contribution in [-0.2, 0) is 6.18 Å². The van der Waals surface area contributed by atoms with E-state index >= 15 is 0 Å². The lowest BCUT2D eigenvalue weighted by molar-refractivity contribution is -0.137. The van der Waals surface area contributed by atoms with E-state index in [9.17, 15) is 13.2 Å². The van der Waals surface area contributed by atoms with Gasteiger partial charge < -0.3 is 0 Å². The average molecular weight is 226 g/mol. The molecular weight excluding hydrogens is 213 g/mol. The second kappa shape index (κ2) is 3.96. The predicted molar refractivity (Wildman–Crippen MR) is 58.0 cm³/mol. The quantitative estimate of drug-likeness (QED) is 0.657. The zero-order chi connectivity index (χ0) is 11.8. The summed E-state index contributed by atoms with van der Waals surface area (Å²) in [6, 6.07) is 3.91. The molecule has 0 aliphatic heterocycles. The molecule has 0 bridgehead atoms. The highest BCUT2D eigenvalue weighted by Crippen LogP contribution is 2.33. The summed E-state index contributed by atoms with van der Waals surface area (Å²) in [5, 5.41) is 0. The Morgan fingerprint density at radius 2 is 1.88 bits per heavy atom. The van der Waals surface area contributed by atoms with Gasteiger partial charge in [-0.15, -0.1) is 0 Å². The monoisotopic (exact) mass is 226 g/mol.